The van der Waals surface area contributed by atoms with E-state index in [2.05, 4.69) is 5.32 Å². The fourth-order valence-corrected chi connectivity index (χ4v) is 1.57. The van der Waals surface area contributed by atoms with Crippen molar-refractivity contribution in [3.63, 3.8) is 0 Å². The van der Waals surface area contributed by atoms with Crippen molar-refractivity contribution < 1.29 is 14.7 Å². The normalized spacial score (nSPS) is 13.8. The second kappa shape index (κ2) is 6.31. The summed E-state index contributed by atoms with van der Waals surface area (Å²) in [6.07, 6.45) is 0. The van der Waals surface area contributed by atoms with E-state index in [1.165, 1.54) is 6.92 Å². The van der Waals surface area contributed by atoms with Gasteiger partial charge in [0.15, 0.2) is 5.78 Å². The van der Waals surface area contributed by atoms with Gasteiger partial charge in [0.1, 0.15) is 0 Å². The summed E-state index contributed by atoms with van der Waals surface area (Å²) >= 11 is 0. The number of carbonyl (C=O) groups excluding carboxylic acids is 2. The van der Waals surface area contributed by atoms with Gasteiger partial charge < -0.3 is 10.4 Å². The Kier molecular flexibility index (Phi) is 5.04. The van der Waals surface area contributed by atoms with Gasteiger partial charge in [-0.05, 0) is 25.8 Å². The van der Waals surface area contributed by atoms with Crippen molar-refractivity contribution in [2.75, 3.05) is 6.61 Å². The number of benzene rings is 1. The van der Waals surface area contributed by atoms with Crippen molar-refractivity contribution in [3.8, 4) is 0 Å². The molecule has 0 fully saturated rings. The minimum absolute atomic E-state index is 0.00972. The summed E-state index contributed by atoms with van der Waals surface area (Å²) in [7, 11) is 0. The average Bonchev–Trinajstić information content (AvgIpc) is 2.37. The zero-order valence-corrected chi connectivity index (χ0v) is 10.9. The second-order valence-electron chi connectivity index (χ2n) is 4.52. The zero-order valence-electron chi connectivity index (χ0n) is 10.9. The third-order valence-corrected chi connectivity index (χ3v) is 3.05. The Labute approximate surface area is 107 Å². The maximum Gasteiger partial charge on any atom is 0.252 e. The Morgan fingerprint density at radius 2 is 1.78 bits per heavy atom. The number of carbonyl (C=O) groups is 2. The van der Waals surface area contributed by atoms with Crippen LogP contribution in [0, 0.1) is 5.92 Å². The van der Waals surface area contributed by atoms with Crippen molar-refractivity contribution in [2.24, 2.45) is 5.92 Å². The van der Waals surface area contributed by atoms with Crippen molar-refractivity contribution in [1.82, 2.24) is 5.32 Å². The monoisotopic (exact) mass is 249 g/mol. The van der Waals surface area contributed by atoms with Crippen LogP contribution in [-0.2, 0) is 0 Å². The lowest BCUT2D eigenvalue weighted by Crippen LogP contribution is -2.38. The molecule has 2 atom stereocenters. The molecule has 0 spiro atoms. The minimum Gasteiger partial charge on any atom is -0.396 e. The van der Waals surface area contributed by atoms with E-state index in [0.29, 0.717) is 11.1 Å². The van der Waals surface area contributed by atoms with Crippen molar-refractivity contribution >= 4 is 11.7 Å². The highest BCUT2D eigenvalue weighted by Gasteiger charge is 2.18. The van der Waals surface area contributed by atoms with Crippen LogP contribution in [-0.4, -0.2) is 29.4 Å². The summed E-state index contributed by atoms with van der Waals surface area (Å²) in [5.74, 6) is -0.448. The van der Waals surface area contributed by atoms with Crippen LogP contribution in [0.5, 0.6) is 0 Å². The second-order valence-corrected chi connectivity index (χ2v) is 4.52. The topological polar surface area (TPSA) is 66.4 Å². The Morgan fingerprint density at radius 3 is 2.28 bits per heavy atom. The SMILES string of the molecule is CC(=O)c1ccccc1C(=O)NC(C)C(C)CO. The van der Waals surface area contributed by atoms with Crippen molar-refractivity contribution in [2.45, 2.75) is 26.8 Å². The van der Waals surface area contributed by atoms with E-state index in [4.69, 9.17) is 5.11 Å². The third-order valence-electron chi connectivity index (χ3n) is 3.05. The molecule has 1 amide bonds. The van der Waals surface area contributed by atoms with Crippen LogP contribution in [0.1, 0.15) is 41.5 Å². The first-order chi connectivity index (χ1) is 8.47. The summed E-state index contributed by atoms with van der Waals surface area (Å²) in [4.78, 5) is 23.5. The summed E-state index contributed by atoms with van der Waals surface area (Å²) < 4.78 is 0. The van der Waals surface area contributed by atoms with Crippen LogP contribution in [0.2, 0.25) is 0 Å². The van der Waals surface area contributed by atoms with Crippen LogP contribution in [0.4, 0.5) is 0 Å². The van der Waals surface area contributed by atoms with Crippen LogP contribution < -0.4 is 5.32 Å². The molecule has 0 aliphatic rings. The molecular weight excluding hydrogens is 230 g/mol. The highest BCUT2D eigenvalue weighted by molar-refractivity contribution is 6.07. The molecule has 1 aromatic carbocycles. The summed E-state index contributed by atoms with van der Waals surface area (Å²) in [6, 6.07) is 6.57. The first kappa shape index (κ1) is 14.4. The molecule has 0 heterocycles. The molecule has 0 aromatic heterocycles. The van der Waals surface area contributed by atoms with E-state index in [1.54, 1.807) is 24.3 Å². The van der Waals surface area contributed by atoms with Gasteiger partial charge >= 0.3 is 0 Å². The predicted molar refractivity (Wildman–Crippen MR) is 69.6 cm³/mol. The number of nitrogens with one attached hydrogen (secondary N) is 1. The number of aliphatic hydroxyl groups excluding tert-OH is 1. The molecule has 1 rings (SSSR count). The number of hydrogen-bond acceptors (Lipinski definition) is 3. The lowest BCUT2D eigenvalue weighted by molar-refractivity contribution is 0.0905. The van der Waals surface area contributed by atoms with Crippen LogP contribution in [0.3, 0.4) is 0 Å². The van der Waals surface area contributed by atoms with Crippen molar-refractivity contribution in [1.29, 1.82) is 0 Å². The minimum atomic E-state index is -0.284. The molecule has 0 bridgehead atoms. The molecule has 2 N–H and O–H groups in total. The zero-order chi connectivity index (χ0) is 13.7. The summed E-state index contributed by atoms with van der Waals surface area (Å²) in [6.45, 7) is 5.12. The molecule has 0 saturated carbocycles. The third kappa shape index (κ3) is 3.40. The van der Waals surface area contributed by atoms with Gasteiger partial charge in [-0.15, -0.1) is 0 Å². The molecule has 2 unspecified atom stereocenters. The molecule has 0 aliphatic heterocycles. The molecule has 0 aliphatic carbocycles. The van der Waals surface area contributed by atoms with Crippen molar-refractivity contribution in [3.05, 3.63) is 35.4 Å². The molecule has 0 radical (unpaired) electrons. The average molecular weight is 249 g/mol. The first-order valence-corrected chi connectivity index (χ1v) is 5.99. The molecule has 4 nitrogen and oxygen atoms in total. The Balaban J connectivity index is 2.88. The molecular formula is C14H19NO3. The highest BCUT2D eigenvalue weighted by atomic mass is 16.3. The Hall–Kier alpha value is -1.68. The van der Waals surface area contributed by atoms with E-state index in [9.17, 15) is 9.59 Å². The standard InChI is InChI=1S/C14H19NO3/c1-9(8-16)10(2)15-14(18)13-7-5-4-6-12(13)11(3)17/h4-7,9-10,16H,8H2,1-3H3,(H,15,18). The van der Waals surface area contributed by atoms with Crippen LogP contribution in [0.25, 0.3) is 0 Å². The van der Waals surface area contributed by atoms with E-state index >= 15 is 0 Å². The smallest absolute Gasteiger partial charge is 0.252 e. The van der Waals surface area contributed by atoms with E-state index in [0.717, 1.165) is 0 Å². The molecule has 18 heavy (non-hydrogen) atoms. The van der Waals surface area contributed by atoms with Gasteiger partial charge in [0, 0.05) is 18.2 Å². The first-order valence-electron chi connectivity index (χ1n) is 5.99. The van der Waals surface area contributed by atoms with E-state index < -0.39 is 0 Å². The molecule has 0 saturated heterocycles. The molecule has 98 valence electrons. The van der Waals surface area contributed by atoms with Gasteiger partial charge in [0.05, 0.1) is 5.56 Å². The van der Waals surface area contributed by atoms with E-state index in [1.807, 2.05) is 13.8 Å². The largest absolute Gasteiger partial charge is 0.396 e. The fourth-order valence-electron chi connectivity index (χ4n) is 1.57. The number of aliphatic hydroxyl groups is 1. The quantitative estimate of drug-likeness (QED) is 0.779. The Morgan fingerprint density at radius 1 is 1.22 bits per heavy atom. The maximum atomic E-state index is 12.1. The number of amides is 1. The highest BCUT2D eigenvalue weighted by Crippen LogP contribution is 2.11. The number of rotatable bonds is 5. The van der Waals surface area contributed by atoms with Crippen LogP contribution >= 0.6 is 0 Å². The summed E-state index contributed by atoms with van der Waals surface area (Å²) in [5.41, 5.74) is 0.792. The Bertz CT molecular complexity index is 442. The maximum absolute atomic E-state index is 12.1. The molecule has 4 heteroatoms. The summed E-state index contributed by atoms with van der Waals surface area (Å²) in [5, 5.41) is 11.8. The van der Waals surface area contributed by atoms with Gasteiger partial charge in [-0.3, -0.25) is 9.59 Å². The predicted octanol–water partition coefficient (Wildman–Crippen LogP) is 1.64. The van der Waals surface area contributed by atoms with Gasteiger partial charge in [0.25, 0.3) is 5.91 Å². The fraction of sp³-hybridized carbons (Fsp3) is 0.429. The van der Waals surface area contributed by atoms with Gasteiger partial charge in [0.2, 0.25) is 0 Å². The lowest BCUT2D eigenvalue weighted by Gasteiger charge is -2.19. The van der Waals surface area contributed by atoms with Crippen LogP contribution in [0.15, 0.2) is 24.3 Å². The number of hydrogen-bond donors (Lipinski definition) is 2. The van der Waals surface area contributed by atoms with Gasteiger partial charge in [-0.2, -0.15) is 0 Å². The van der Waals surface area contributed by atoms with Gasteiger partial charge in [-0.25, -0.2) is 0 Å². The lowest BCUT2D eigenvalue weighted by atomic mass is 10.0. The van der Waals surface area contributed by atoms with Gasteiger partial charge in [-0.1, -0.05) is 25.1 Å². The molecule has 1 aromatic rings. The van der Waals surface area contributed by atoms with E-state index in [-0.39, 0.29) is 30.3 Å². The number of ketones is 1. The number of Topliss-reactive ketones (excluding diaryl/α,β-unsaturated/α-hetero) is 1.